The quantitative estimate of drug-likeness (QED) is 0.110. The van der Waals surface area contributed by atoms with Crippen molar-refractivity contribution in [1.29, 1.82) is 0 Å². The molecule has 0 amide bonds. The van der Waals surface area contributed by atoms with Crippen LogP contribution in [-0.4, -0.2) is 27.6 Å². The van der Waals surface area contributed by atoms with Gasteiger partial charge in [-0.3, -0.25) is 9.98 Å². The Balaban J connectivity index is 1.48. The molecular formula is C52H42N2Si2. The molecule has 1 aliphatic rings. The molecule has 2 nitrogen and oxygen atoms in total. The first kappa shape index (κ1) is 35.2. The van der Waals surface area contributed by atoms with Crippen LogP contribution in [0.25, 0.3) is 11.1 Å². The molecule has 56 heavy (non-hydrogen) atoms. The number of fused-ring (bicyclic) bond motifs is 3. The van der Waals surface area contributed by atoms with Gasteiger partial charge < -0.3 is 0 Å². The Labute approximate surface area is 332 Å². The zero-order chi connectivity index (χ0) is 38.0. The summed E-state index contributed by atoms with van der Waals surface area (Å²) < 4.78 is 0. The molecule has 0 radical (unpaired) electrons. The molecule has 0 spiro atoms. The molecule has 0 saturated carbocycles. The van der Waals surface area contributed by atoms with Gasteiger partial charge in [0.1, 0.15) is 0 Å². The van der Waals surface area contributed by atoms with Gasteiger partial charge in [-0.05, 0) is 94.0 Å². The SMILES string of the molecule is Cc1cc2c(cc1/C=N/c1ccccc1)-c1cc(/C=N/c3ccccc3)c(C)cc1[Si](c1ccccc1)(c1ccccc1)[Si]2(c1ccccc1)c1ccccc1. The Morgan fingerprint density at radius 3 is 0.893 bits per heavy atom. The molecule has 4 heteroatoms. The van der Waals surface area contributed by atoms with Gasteiger partial charge in [0.15, 0.2) is 15.2 Å². The topological polar surface area (TPSA) is 24.7 Å². The first-order chi connectivity index (χ1) is 27.6. The van der Waals surface area contributed by atoms with Crippen LogP contribution in [0.1, 0.15) is 22.3 Å². The lowest BCUT2D eigenvalue weighted by molar-refractivity contribution is 1.42. The third kappa shape index (κ3) is 5.86. The summed E-state index contributed by atoms with van der Waals surface area (Å²) in [7, 11) is -6.12. The van der Waals surface area contributed by atoms with Crippen molar-refractivity contribution < 1.29 is 0 Å². The van der Waals surface area contributed by atoms with Crippen LogP contribution in [0, 0.1) is 13.8 Å². The highest BCUT2D eigenvalue weighted by Crippen LogP contribution is 2.36. The second kappa shape index (κ2) is 15.0. The van der Waals surface area contributed by atoms with Gasteiger partial charge in [-0.25, -0.2) is 0 Å². The number of aliphatic imine (C=N–C) groups is 2. The third-order valence-electron chi connectivity index (χ3n) is 11.5. The summed E-state index contributed by atoms with van der Waals surface area (Å²) >= 11 is 0. The highest BCUT2D eigenvalue weighted by Gasteiger charge is 2.65. The molecule has 9 rings (SSSR count). The number of hydrogen-bond donors (Lipinski definition) is 0. The van der Waals surface area contributed by atoms with Gasteiger partial charge in [-0.1, -0.05) is 191 Å². The van der Waals surface area contributed by atoms with Crippen molar-refractivity contribution >= 4 is 70.1 Å². The molecule has 0 aliphatic carbocycles. The summed E-state index contributed by atoms with van der Waals surface area (Å²) in [5, 5.41) is 8.60. The Hall–Kier alpha value is -6.47. The lowest BCUT2D eigenvalue weighted by Crippen LogP contribution is -2.95. The van der Waals surface area contributed by atoms with Crippen LogP contribution in [0.5, 0.6) is 0 Å². The molecule has 0 unspecified atom stereocenters. The number of aryl methyl sites for hydroxylation is 2. The van der Waals surface area contributed by atoms with Crippen LogP contribution < -0.4 is 31.1 Å². The van der Waals surface area contributed by atoms with Crippen molar-refractivity contribution in [2.45, 2.75) is 13.8 Å². The van der Waals surface area contributed by atoms with Crippen molar-refractivity contribution in [1.82, 2.24) is 0 Å². The van der Waals surface area contributed by atoms with Crippen LogP contribution in [0.3, 0.4) is 0 Å². The van der Waals surface area contributed by atoms with Gasteiger partial charge in [-0.15, -0.1) is 0 Å². The van der Waals surface area contributed by atoms with Crippen LogP contribution in [0.2, 0.25) is 0 Å². The fraction of sp³-hybridized carbons (Fsp3) is 0.0385. The van der Waals surface area contributed by atoms with E-state index in [9.17, 15) is 0 Å². The van der Waals surface area contributed by atoms with Gasteiger partial charge in [0.2, 0.25) is 0 Å². The summed E-state index contributed by atoms with van der Waals surface area (Å²) in [5.41, 5.74) is 9.13. The minimum absolute atomic E-state index is 0.942. The average molecular weight is 751 g/mol. The van der Waals surface area contributed by atoms with Crippen molar-refractivity contribution in [3.63, 3.8) is 0 Å². The van der Waals surface area contributed by atoms with Gasteiger partial charge in [0.05, 0.1) is 11.4 Å². The van der Waals surface area contributed by atoms with Crippen molar-refractivity contribution in [3.05, 3.63) is 229 Å². The Morgan fingerprint density at radius 2 is 0.607 bits per heavy atom. The van der Waals surface area contributed by atoms with E-state index in [2.05, 4.69) is 196 Å². The molecule has 1 heterocycles. The standard InChI is InChI=1S/C52H42N2Si2/c1-39-33-51-49(35-41(39)37-53-43-21-9-3-10-22-43)50-36-42(38-54-44-23-11-4-12-24-44)40(2)34-52(50)56(47-29-17-7-18-30-47,48-31-19-8-20-32-48)55(51,45-25-13-5-14-26-45)46-27-15-6-16-28-46/h3-38H,1-2H3/b53-37+,54-38+. The van der Waals surface area contributed by atoms with Crippen LogP contribution in [0.4, 0.5) is 11.4 Å². The molecule has 268 valence electrons. The minimum Gasteiger partial charge on any atom is -0.256 e. The Bertz CT molecular complexity index is 2410. The van der Waals surface area contributed by atoms with Crippen LogP contribution in [-0.2, 0) is 0 Å². The number of rotatable bonds is 8. The van der Waals surface area contributed by atoms with Gasteiger partial charge in [0, 0.05) is 12.4 Å². The summed E-state index contributed by atoms with van der Waals surface area (Å²) in [5.74, 6) is 0. The second-order valence-electron chi connectivity index (χ2n) is 14.7. The second-order valence-corrected chi connectivity index (χ2v) is 25.5. The number of hydrogen-bond acceptors (Lipinski definition) is 2. The zero-order valence-corrected chi connectivity index (χ0v) is 33.7. The minimum atomic E-state index is -3.06. The number of para-hydroxylation sites is 2. The van der Waals surface area contributed by atoms with E-state index in [1.807, 2.05) is 36.4 Å². The summed E-state index contributed by atoms with van der Waals surface area (Å²) in [4.78, 5) is 9.97. The zero-order valence-electron chi connectivity index (χ0n) is 31.7. The normalized spacial score (nSPS) is 14.0. The summed E-state index contributed by atoms with van der Waals surface area (Å²) in [6.45, 7) is 4.53. The lowest BCUT2D eigenvalue weighted by atomic mass is 9.96. The predicted molar refractivity (Wildman–Crippen MR) is 244 cm³/mol. The maximum absolute atomic E-state index is 4.99. The highest BCUT2D eigenvalue weighted by atomic mass is 29.3. The molecule has 0 N–H and O–H groups in total. The predicted octanol–water partition coefficient (Wildman–Crippen LogP) is 8.50. The number of nitrogens with zero attached hydrogens (tertiary/aromatic N) is 2. The fourth-order valence-corrected chi connectivity index (χ4v) is 29.3. The van der Waals surface area contributed by atoms with Crippen LogP contribution in [0.15, 0.2) is 216 Å². The molecule has 0 fully saturated rings. The smallest absolute Gasteiger partial charge is 0.155 e. The molecule has 0 aromatic heterocycles. The van der Waals surface area contributed by atoms with Gasteiger partial charge in [0.25, 0.3) is 0 Å². The van der Waals surface area contributed by atoms with Gasteiger partial charge >= 0.3 is 0 Å². The van der Waals surface area contributed by atoms with Crippen LogP contribution >= 0.6 is 0 Å². The first-order valence-electron chi connectivity index (χ1n) is 19.3. The largest absolute Gasteiger partial charge is 0.256 e. The van der Waals surface area contributed by atoms with E-state index in [0.717, 1.165) is 22.5 Å². The molecule has 8 aromatic rings. The molecule has 0 atom stereocenters. The third-order valence-corrected chi connectivity index (χ3v) is 28.3. The van der Waals surface area contributed by atoms with E-state index >= 15 is 0 Å². The highest BCUT2D eigenvalue weighted by molar-refractivity contribution is 7.68. The molecule has 0 saturated heterocycles. The fourth-order valence-electron chi connectivity index (χ4n) is 9.09. The lowest BCUT2D eigenvalue weighted by Gasteiger charge is -2.54. The average Bonchev–Trinajstić information content (AvgIpc) is 3.26. The Morgan fingerprint density at radius 1 is 0.339 bits per heavy atom. The first-order valence-corrected chi connectivity index (χ1v) is 24.3. The summed E-state index contributed by atoms with van der Waals surface area (Å²) in [6, 6.07) is 76.5. The van der Waals surface area contributed by atoms with E-state index in [4.69, 9.17) is 9.98 Å². The van der Waals surface area contributed by atoms with E-state index in [-0.39, 0.29) is 0 Å². The Kier molecular flexibility index (Phi) is 9.43. The molecular weight excluding hydrogens is 709 g/mol. The van der Waals surface area contributed by atoms with Crippen molar-refractivity contribution in [2.75, 3.05) is 0 Å². The van der Waals surface area contributed by atoms with Crippen molar-refractivity contribution in [3.8, 4) is 11.1 Å². The molecule has 1 aliphatic heterocycles. The monoisotopic (exact) mass is 750 g/mol. The number of benzene rings is 8. The van der Waals surface area contributed by atoms with E-state index in [0.29, 0.717) is 0 Å². The summed E-state index contributed by atoms with van der Waals surface area (Å²) in [6.07, 6.45) is 4.11. The van der Waals surface area contributed by atoms with E-state index < -0.39 is 15.2 Å². The maximum atomic E-state index is 4.99. The maximum Gasteiger partial charge on any atom is 0.155 e. The van der Waals surface area contributed by atoms with Crippen molar-refractivity contribution in [2.24, 2.45) is 9.98 Å². The molecule has 0 bridgehead atoms. The van der Waals surface area contributed by atoms with E-state index in [1.165, 1.54) is 53.4 Å². The molecule has 8 aromatic carbocycles. The van der Waals surface area contributed by atoms with E-state index in [1.54, 1.807) is 0 Å². The van der Waals surface area contributed by atoms with Gasteiger partial charge in [-0.2, -0.15) is 0 Å².